The Bertz CT molecular complexity index is 2010. The first-order chi connectivity index (χ1) is 21.8. The van der Waals surface area contributed by atoms with E-state index in [2.05, 4.69) is 16.9 Å². The normalized spacial score (nSPS) is 17.6. The lowest BCUT2D eigenvalue weighted by Gasteiger charge is -2.49. The van der Waals surface area contributed by atoms with Crippen molar-refractivity contribution in [1.29, 1.82) is 0 Å². The lowest BCUT2D eigenvalue weighted by Crippen LogP contribution is -2.62. The van der Waals surface area contributed by atoms with Gasteiger partial charge in [-0.15, -0.1) is 0 Å². The Morgan fingerprint density at radius 1 is 1.11 bits per heavy atom. The molecule has 0 saturated carbocycles. The van der Waals surface area contributed by atoms with E-state index in [9.17, 15) is 9.59 Å². The van der Waals surface area contributed by atoms with Crippen LogP contribution in [0.2, 0.25) is 15.1 Å². The van der Waals surface area contributed by atoms with Gasteiger partial charge in [-0.1, -0.05) is 55.2 Å². The number of hydrogen-bond donors (Lipinski definition) is 2. The van der Waals surface area contributed by atoms with Crippen LogP contribution in [0.3, 0.4) is 0 Å². The summed E-state index contributed by atoms with van der Waals surface area (Å²) in [7, 11) is 0. The van der Waals surface area contributed by atoms with E-state index in [1.54, 1.807) is 17.2 Å². The fourth-order valence-corrected chi connectivity index (χ4v) is 7.38. The first-order valence-corrected chi connectivity index (χ1v) is 15.8. The van der Waals surface area contributed by atoms with Crippen molar-refractivity contribution >= 4 is 68.7 Å². The van der Waals surface area contributed by atoms with Gasteiger partial charge in [0.1, 0.15) is 5.69 Å². The molecule has 3 N–H and O–H groups in total. The van der Waals surface area contributed by atoms with Crippen LogP contribution in [0.1, 0.15) is 37.9 Å². The van der Waals surface area contributed by atoms with Crippen molar-refractivity contribution in [3.63, 3.8) is 0 Å². The predicted octanol–water partition coefficient (Wildman–Crippen LogP) is 7.32. The van der Waals surface area contributed by atoms with E-state index in [-0.39, 0.29) is 61.4 Å². The SMILES string of the molecule is C=CC(=O)N1CC2CNc3c(c4cc(Cl)c(-c5c(N)c(Cl)cc(Cl)c5F)c(F)c4n(-c4c(C)ccnc4C(C)C)c3=O)N2CC1C. The molecule has 0 aliphatic carbocycles. The maximum absolute atomic E-state index is 17.4. The number of piperazine rings is 1. The van der Waals surface area contributed by atoms with Gasteiger partial charge in [0.05, 0.1) is 49.4 Å². The van der Waals surface area contributed by atoms with Gasteiger partial charge < -0.3 is 20.9 Å². The van der Waals surface area contributed by atoms with E-state index in [0.717, 1.165) is 6.07 Å². The lowest BCUT2D eigenvalue weighted by atomic mass is 9.95. The molecule has 13 heteroatoms. The molecular formula is C33H31Cl3F2N6O2. The average Bonchev–Trinajstić information content (AvgIpc) is 3.01. The minimum absolute atomic E-state index is 0.0852. The molecular weight excluding hydrogens is 657 g/mol. The fourth-order valence-electron chi connectivity index (χ4n) is 6.63. The van der Waals surface area contributed by atoms with Gasteiger partial charge in [-0.2, -0.15) is 0 Å². The fraction of sp³-hybridized carbons (Fsp3) is 0.303. The summed E-state index contributed by atoms with van der Waals surface area (Å²) >= 11 is 19.2. The quantitative estimate of drug-likeness (QED) is 0.133. The summed E-state index contributed by atoms with van der Waals surface area (Å²) in [5, 5.41) is 2.96. The molecule has 2 aromatic carbocycles. The van der Waals surface area contributed by atoms with E-state index in [0.29, 0.717) is 47.7 Å². The summed E-state index contributed by atoms with van der Waals surface area (Å²) in [6.07, 6.45) is 2.91. The zero-order valence-corrected chi connectivity index (χ0v) is 27.8. The van der Waals surface area contributed by atoms with Crippen LogP contribution in [0.4, 0.5) is 25.8 Å². The number of aromatic nitrogens is 2. The van der Waals surface area contributed by atoms with Crippen LogP contribution in [-0.4, -0.2) is 52.1 Å². The number of benzene rings is 2. The highest BCUT2D eigenvalue weighted by atomic mass is 35.5. The first kappa shape index (κ1) is 32.1. The Labute approximate surface area is 279 Å². The summed E-state index contributed by atoms with van der Waals surface area (Å²) in [4.78, 5) is 35.6. The predicted molar refractivity (Wildman–Crippen MR) is 182 cm³/mol. The second kappa shape index (κ2) is 11.7. The molecule has 2 atom stereocenters. The number of nitrogen functional groups attached to an aromatic ring is 1. The lowest BCUT2D eigenvalue weighted by molar-refractivity contribution is -0.128. The molecule has 4 aromatic rings. The van der Waals surface area contributed by atoms with Gasteiger partial charge in [0.2, 0.25) is 5.91 Å². The van der Waals surface area contributed by atoms with E-state index in [1.807, 2.05) is 32.6 Å². The number of aryl methyl sites for hydroxylation is 1. The Morgan fingerprint density at radius 3 is 2.50 bits per heavy atom. The highest BCUT2D eigenvalue weighted by molar-refractivity contribution is 6.38. The number of nitrogens with zero attached hydrogens (tertiary/aromatic N) is 4. The molecule has 1 fully saturated rings. The molecule has 0 spiro atoms. The van der Waals surface area contributed by atoms with Gasteiger partial charge in [-0.3, -0.25) is 19.1 Å². The topological polar surface area (TPSA) is 96.5 Å². The number of pyridine rings is 2. The molecule has 6 rings (SSSR count). The zero-order valence-electron chi connectivity index (χ0n) is 25.5. The van der Waals surface area contributed by atoms with Gasteiger partial charge in [-0.25, -0.2) is 8.78 Å². The van der Waals surface area contributed by atoms with Crippen LogP contribution in [-0.2, 0) is 4.79 Å². The number of carbonyl (C=O) groups is 1. The highest BCUT2D eigenvalue weighted by Crippen LogP contribution is 2.48. The van der Waals surface area contributed by atoms with Crippen molar-refractivity contribution < 1.29 is 13.6 Å². The van der Waals surface area contributed by atoms with Gasteiger partial charge in [0.25, 0.3) is 5.56 Å². The minimum atomic E-state index is -1.01. The number of rotatable bonds is 4. The number of amides is 1. The van der Waals surface area contributed by atoms with Gasteiger partial charge in [-0.05, 0) is 49.6 Å². The minimum Gasteiger partial charge on any atom is -0.397 e. The number of hydrogen-bond acceptors (Lipinski definition) is 6. The Kier molecular flexibility index (Phi) is 8.19. The Hall–Kier alpha value is -3.86. The molecule has 46 heavy (non-hydrogen) atoms. The van der Waals surface area contributed by atoms with Crippen molar-refractivity contribution in [2.45, 2.75) is 45.7 Å². The summed E-state index contributed by atoms with van der Waals surface area (Å²) in [5.74, 6) is -2.34. The average molecular weight is 688 g/mol. The number of anilines is 3. The molecule has 8 nitrogen and oxygen atoms in total. The van der Waals surface area contributed by atoms with Gasteiger partial charge in [0.15, 0.2) is 11.6 Å². The molecule has 2 unspecified atom stereocenters. The van der Waals surface area contributed by atoms with E-state index in [4.69, 9.17) is 40.5 Å². The van der Waals surface area contributed by atoms with Crippen molar-refractivity contribution in [1.82, 2.24) is 14.5 Å². The number of nitrogens with two attached hydrogens (primary N) is 1. The van der Waals surface area contributed by atoms with E-state index in [1.165, 1.54) is 16.7 Å². The third-order valence-corrected chi connectivity index (χ3v) is 9.70. The van der Waals surface area contributed by atoms with Crippen LogP contribution >= 0.6 is 34.8 Å². The molecule has 240 valence electrons. The van der Waals surface area contributed by atoms with Crippen LogP contribution in [0.25, 0.3) is 27.7 Å². The Balaban J connectivity index is 1.76. The maximum Gasteiger partial charge on any atom is 0.281 e. The van der Waals surface area contributed by atoms with Crippen molar-refractivity contribution in [2.24, 2.45) is 0 Å². The van der Waals surface area contributed by atoms with E-state index < -0.39 is 22.8 Å². The first-order valence-electron chi connectivity index (χ1n) is 14.7. The summed E-state index contributed by atoms with van der Waals surface area (Å²) in [5.41, 5.74) is 6.80. The van der Waals surface area contributed by atoms with Crippen molar-refractivity contribution in [2.75, 3.05) is 35.6 Å². The van der Waals surface area contributed by atoms with Crippen LogP contribution in [0.15, 0.2) is 41.8 Å². The Morgan fingerprint density at radius 2 is 1.83 bits per heavy atom. The monoisotopic (exact) mass is 686 g/mol. The van der Waals surface area contributed by atoms with Gasteiger partial charge in [0, 0.05) is 48.4 Å². The van der Waals surface area contributed by atoms with E-state index >= 15 is 8.78 Å². The molecule has 1 saturated heterocycles. The standard InChI is InChI=1S/C33H31Cl3F2N6O2/c1-6-22(45)42-13-17-11-41-29-32(43(17)12-16(42)5)18-9-19(34)23(24-25(37)20(35)10-21(36)27(24)39)26(38)31(18)44(33(29)46)30-15(4)7-8-40-28(30)14(2)3/h6-10,14,16-17,41H,1,11-13,39H2,2-5H3. The van der Waals surface area contributed by atoms with Crippen LogP contribution < -0.4 is 21.5 Å². The number of nitrogens with one attached hydrogen (secondary N) is 1. The number of fused-ring (bicyclic) bond motifs is 5. The smallest absolute Gasteiger partial charge is 0.281 e. The molecule has 0 radical (unpaired) electrons. The molecule has 1 amide bonds. The molecule has 0 bridgehead atoms. The second-order valence-electron chi connectivity index (χ2n) is 12.0. The molecule has 2 aliphatic heterocycles. The molecule has 4 heterocycles. The summed E-state index contributed by atoms with van der Waals surface area (Å²) in [6.45, 7) is 12.2. The molecule has 2 aliphatic rings. The third-order valence-electron chi connectivity index (χ3n) is 8.81. The summed E-state index contributed by atoms with van der Waals surface area (Å²) < 4.78 is 34.4. The van der Waals surface area contributed by atoms with Gasteiger partial charge >= 0.3 is 0 Å². The zero-order chi connectivity index (χ0) is 33.4. The summed E-state index contributed by atoms with van der Waals surface area (Å²) in [6, 6.07) is 3.88. The van der Waals surface area contributed by atoms with Crippen molar-refractivity contribution in [3.8, 4) is 16.8 Å². The largest absolute Gasteiger partial charge is 0.397 e. The number of carbonyl (C=O) groups excluding carboxylic acids is 1. The molecule has 2 aromatic heterocycles. The van der Waals surface area contributed by atoms with Crippen LogP contribution in [0.5, 0.6) is 0 Å². The maximum atomic E-state index is 17.4. The second-order valence-corrected chi connectivity index (χ2v) is 13.2. The highest BCUT2D eigenvalue weighted by Gasteiger charge is 2.40. The number of halogens is 5. The van der Waals surface area contributed by atoms with Crippen LogP contribution in [0, 0.1) is 18.6 Å². The third kappa shape index (κ3) is 4.80. The van der Waals surface area contributed by atoms with Crippen molar-refractivity contribution in [3.05, 3.63) is 85.4 Å².